The molecule has 1 N–H and O–H groups in total. The topological polar surface area (TPSA) is 23.5 Å². The molecule has 1 aliphatic heterocycles. The van der Waals surface area contributed by atoms with Crippen molar-refractivity contribution >= 4 is 15.9 Å². The lowest BCUT2D eigenvalue weighted by Crippen LogP contribution is -2.41. The summed E-state index contributed by atoms with van der Waals surface area (Å²) in [7, 11) is 2.12. The minimum absolute atomic E-state index is 0.323. The van der Waals surface area contributed by atoms with Crippen molar-refractivity contribution in [3.8, 4) is 5.75 Å². The molecule has 13 heavy (non-hydrogen) atoms. The third kappa shape index (κ3) is 1.71. The van der Waals surface area contributed by atoms with Crippen LogP contribution in [0.3, 0.4) is 0 Å². The molecule has 0 aliphatic carbocycles. The molecule has 1 aromatic rings. The SMILES string of the molecule is CN1CC(c2ccc(O)cc2Br)C1. The Bertz CT molecular complexity index is 321. The largest absolute Gasteiger partial charge is 0.508 e. The molecule has 70 valence electrons. The van der Waals surface area contributed by atoms with E-state index in [4.69, 9.17) is 0 Å². The second-order valence-corrected chi connectivity index (χ2v) is 4.48. The summed E-state index contributed by atoms with van der Waals surface area (Å²) in [5, 5.41) is 9.22. The predicted octanol–water partition coefficient (Wildman–Crippen LogP) is 2.18. The lowest BCUT2D eigenvalue weighted by molar-refractivity contribution is 0.189. The van der Waals surface area contributed by atoms with Gasteiger partial charge in [0, 0.05) is 23.5 Å². The number of halogens is 1. The Morgan fingerprint density at radius 2 is 2.15 bits per heavy atom. The third-order valence-corrected chi connectivity index (χ3v) is 3.17. The van der Waals surface area contributed by atoms with Crippen LogP contribution < -0.4 is 0 Å². The molecule has 2 rings (SSSR count). The van der Waals surface area contributed by atoms with Crippen molar-refractivity contribution in [1.82, 2.24) is 4.90 Å². The van der Waals surface area contributed by atoms with Crippen molar-refractivity contribution in [2.75, 3.05) is 20.1 Å². The van der Waals surface area contributed by atoms with Crippen LogP contribution in [0.5, 0.6) is 5.75 Å². The van der Waals surface area contributed by atoms with Crippen molar-refractivity contribution < 1.29 is 5.11 Å². The molecule has 1 fully saturated rings. The van der Waals surface area contributed by atoms with Crippen molar-refractivity contribution in [3.05, 3.63) is 28.2 Å². The summed E-state index contributed by atoms with van der Waals surface area (Å²) in [6.07, 6.45) is 0. The Hall–Kier alpha value is -0.540. The summed E-state index contributed by atoms with van der Waals surface area (Å²) in [6.45, 7) is 2.23. The summed E-state index contributed by atoms with van der Waals surface area (Å²) >= 11 is 3.46. The van der Waals surface area contributed by atoms with Crippen LogP contribution in [0.25, 0.3) is 0 Å². The van der Waals surface area contributed by atoms with Crippen molar-refractivity contribution in [2.24, 2.45) is 0 Å². The van der Waals surface area contributed by atoms with E-state index in [2.05, 4.69) is 27.9 Å². The van der Waals surface area contributed by atoms with Crippen LogP contribution >= 0.6 is 15.9 Å². The van der Waals surface area contributed by atoms with Crippen molar-refractivity contribution in [2.45, 2.75) is 5.92 Å². The Morgan fingerprint density at radius 3 is 2.69 bits per heavy atom. The zero-order valence-corrected chi connectivity index (χ0v) is 9.08. The van der Waals surface area contributed by atoms with Gasteiger partial charge >= 0.3 is 0 Å². The molecule has 0 radical (unpaired) electrons. The number of phenols is 1. The number of benzene rings is 1. The van der Waals surface area contributed by atoms with E-state index in [1.165, 1.54) is 5.56 Å². The lowest BCUT2D eigenvalue weighted by Gasteiger charge is -2.37. The zero-order chi connectivity index (χ0) is 9.42. The van der Waals surface area contributed by atoms with E-state index in [0.29, 0.717) is 11.7 Å². The van der Waals surface area contributed by atoms with Crippen LogP contribution in [0.4, 0.5) is 0 Å². The molecule has 3 heteroatoms. The van der Waals surface area contributed by atoms with E-state index in [-0.39, 0.29) is 0 Å². The molecule has 2 nitrogen and oxygen atoms in total. The zero-order valence-electron chi connectivity index (χ0n) is 7.50. The van der Waals surface area contributed by atoms with Gasteiger partial charge in [-0.2, -0.15) is 0 Å². The third-order valence-electron chi connectivity index (χ3n) is 2.49. The fraction of sp³-hybridized carbons (Fsp3) is 0.400. The number of nitrogens with zero attached hydrogens (tertiary/aromatic N) is 1. The normalized spacial score (nSPS) is 18.6. The Labute approximate surface area is 86.3 Å². The Morgan fingerprint density at radius 1 is 1.46 bits per heavy atom. The number of likely N-dealkylation sites (tertiary alicyclic amines) is 1. The maximum Gasteiger partial charge on any atom is 0.116 e. The lowest BCUT2D eigenvalue weighted by atomic mass is 9.92. The van der Waals surface area contributed by atoms with E-state index in [0.717, 1.165) is 17.6 Å². The maximum atomic E-state index is 9.22. The van der Waals surface area contributed by atoms with Crippen LogP contribution in [0, 0.1) is 0 Å². The van der Waals surface area contributed by atoms with Crippen LogP contribution in [0.15, 0.2) is 22.7 Å². The monoisotopic (exact) mass is 241 g/mol. The number of aromatic hydroxyl groups is 1. The number of hydrogen-bond acceptors (Lipinski definition) is 2. The van der Waals surface area contributed by atoms with Gasteiger partial charge in [0.2, 0.25) is 0 Å². The number of likely N-dealkylation sites (N-methyl/N-ethyl adjacent to an activating group) is 1. The molecule has 0 aromatic heterocycles. The molecule has 1 saturated heterocycles. The van der Waals surface area contributed by atoms with Crippen molar-refractivity contribution in [1.29, 1.82) is 0 Å². The molecular weight excluding hydrogens is 230 g/mol. The summed E-state index contributed by atoms with van der Waals surface area (Å²) in [4.78, 5) is 2.28. The second kappa shape index (κ2) is 3.31. The highest BCUT2D eigenvalue weighted by Crippen LogP contribution is 2.33. The van der Waals surface area contributed by atoms with Crippen LogP contribution in [-0.4, -0.2) is 30.1 Å². The first-order valence-corrected chi connectivity index (χ1v) is 5.13. The van der Waals surface area contributed by atoms with Gasteiger partial charge in [-0.1, -0.05) is 22.0 Å². The number of rotatable bonds is 1. The standard InChI is InChI=1S/C10H12BrNO/c1-12-5-7(6-12)9-3-2-8(13)4-10(9)11/h2-4,7,13H,5-6H2,1H3. The van der Waals surface area contributed by atoms with Gasteiger partial charge in [0.1, 0.15) is 5.75 Å². The van der Waals surface area contributed by atoms with Gasteiger partial charge in [-0.3, -0.25) is 0 Å². The van der Waals surface area contributed by atoms with Crippen LogP contribution in [-0.2, 0) is 0 Å². The second-order valence-electron chi connectivity index (χ2n) is 3.62. The van der Waals surface area contributed by atoms with Gasteiger partial charge in [0.15, 0.2) is 0 Å². The molecule has 0 spiro atoms. The average Bonchev–Trinajstić information content (AvgIpc) is 2.00. The van der Waals surface area contributed by atoms with Gasteiger partial charge in [0.05, 0.1) is 0 Å². The predicted molar refractivity (Wildman–Crippen MR) is 56.0 cm³/mol. The summed E-state index contributed by atoms with van der Waals surface area (Å²) in [5.41, 5.74) is 1.30. The van der Waals surface area contributed by atoms with Gasteiger partial charge in [0.25, 0.3) is 0 Å². The minimum atomic E-state index is 0.323. The maximum absolute atomic E-state index is 9.22. The first kappa shape index (κ1) is 9.03. The van der Waals surface area contributed by atoms with E-state index < -0.39 is 0 Å². The average molecular weight is 242 g/mol. The van der Waals surface area contributed by atoms with Crippen LogP contribution in [0.2, 0.25) is 0 Å². The smallest absolute Gasteiger partial charge is 0.116 e. The molecule has 0 atom stereocenters. The molecule has 1 heterocycles. The number of phenolic OH excluding ortho intramolecular Hbond substituents is 1. The summed E-state index contributed by atoms with van der Waals surface area (Å²) < 4.78 is 1.02. The van der Waals surface area contributed by atoms with E-state index in [1.54, 1.807) is 12.1 Å². The minimum Gasteiger partial charge on any atom is -0.508 e. The Balaban J connectivity index is 2.21. The van der Waals surface area contributed by atoms with Gasteiger partial charge in [-0.25, -0.2) is 0 Å². The highest BCUT2D eigenvalue weighted by Gasteiger charge is 2.26. The Kier molecular flexibility index (Phi) is 2.30. The van der Waals surface area contributed by atoms with Crippen LogP contribution in [0.1, 0.15) is 11.5 Å². The number of hydrogen-bond donors (Lipinski definition) is 1. The molecule has 1 aromatic carbocycles. The quantitative estimate of drug-likeness (QED) is 0.815. The van der Waals surface area contributed by atoms with Crippen molar-refractivity contribution in [3.63, 3.8) is 0 Å². The highest BCUT2D eigenvalue weighted by atomic mass is 79.9. The fourth-order valence-corrected chi connectivity index (χ4v) is 2.43. The molecule has 0 unspecified atom stereocenters. The molecule has 0 saturated carbocycles. The fourth-order valence-electron chi connectivity index (χ4n) is 1.74. The first-order chi connectivity index (χ1) is 6.16. The molecular formula is C10H12BrNO. The van der Waals surface area contributed by atoms with Gasteiger partial charge < -0.3 is 10.0 Å². The molecule has 0 bridgehead atoms. The first-order valence-electron chi connectivity index (χ1n) is 4.34. The molecule has 0 amide bonds. The van der Waals surface area contributed by atoms with E-state index in [1.807, 2.05) is 6.07 Å². The van der Waals surface area contributed by atoms with Gasteiger partial charge in [-0.15, -0.1) is 0 Å². The molecule has 1 aliphatic rings. The van der Waals surface area contributed by atoms with E-state index >= 15 is 0 Å². The highest BCUT2D eigenvalue weighted by molar-refractivity contribution is 9.10. The van der Waals surface area contributed by atoms with Gasteiger partial charge in [-0.05, 0) is 24.7 Å². The van der Waals surface area contributed by atoms with E-state index in [9.17, 15) is 5.11 Å². The summed E-state index contributed by atoms with van der Waals surface area (Å²) in [6, 6.07) is 5.50. The summed E-state index contributed by atoms with van der Waals surface area (Å²) in [5.74, 6) is 0.947.